The molecule has 148 valence electrons. The van der Waals surface area contributed by atoms with Gasteiger partial charge < -0.3 is 14.9 Å². The molecule has 0 amide bonds. The van der Waals surface area contributed by atoms with Crippen molar-refractivity contribution in [3.05, 3.63) is 50.9 Å². The average Bonchev–Trinajstić information content (AvgIpc) is 2.61. The SMILES string of the molecule is C.CC.CCCCOc1ccc(Br)c(O)c1F.Oc1ccc(Br)cc1F. The van der Waals surface area contributed by atoms with Crippen molar-refractivity contribution in [3.63, 3.8) is 0 Å². The highest BCUT2D eigenvalue weighted by Gasteiger charge is 2.11. The summed E-state index contributed by atoms with van der Waals surface area (Å²) in [6.07, 6.45) is 1.86. The number of hydrogen-bond donors (Lipinski definition) is 2. The van der Waals surface area contributed by atoms with Crippen molar-refractivity contribution in [2.75, 3.05) is 6.61 Å². The van der Waals surface area contributed by atoms with Gasteiger partial charge in [-0.2, -0.15) is 4.39 Å². The summed E-state index contributed by atoms with van der Waals surface area (Å²) in [7, 11) is 0. The van der Waals surface area contributed by atoms with E-state index in [1.165, 1.54) is 18.2 Å². The first kappa shape index (κ1) is 26.9. The Labute approximate surface area is 171 Å². The van der Waals surface area contributed by atoms with Gasteiger partial charge in [-0.1, -0.05) is 50.5 Å². The van der Waals surface area contributed by atoms with Crippen molar-refractivity contribution < 1.29 is 23.7 Å². The van der Waals surface area contributed by atoms with Gasteiger partial charge in [-0.15, -0.1) is 0 Å². The van der Waals surface area contributed by atoms with Gasteiger partial charge in [-0.3, -0.25) is 0 Å². The molecule has 2 N–H and O–H groups in total. The Morgan fingerprint density at radius 3 is 2.15 bits per heavy atom. The summed E-state index contributed by atoms with van der Waals surface area (Å²) in [6.45, 7) is 6.49. The summed E-state index contributed by atoms with van der Waals surface area (Å²) in [4.78, 5) is 0. The summed E-state index contributed by atoms with van der Waals surface area (Å²) in [5, 5.41) is 17.9. The molecule has 0 bridgehead atoms. The van der Waals surface area contributed by atoms with Gasteiger partial charge in [0.2, 0.25) is 5.82 Å². The summed E-state index contributed by atoms with van der Waals surface area (Å²) < 4.78 is 31.7. The van der Waals surface area contributed by atoms with Gasteiger partial charge in [0, 0.05) is 4.47 Å². The van der Waals surface area contributed by atoms with Crippen LogP contribution in [0.4, 0.5) is 8.78 Å². The van der Waals surface area contributed by atoms with Crippen LogP contribution in [0.5, 0.6) is 17.2 Å². The Balaban J connectivity index is 0. The third-order valence-electron chi connectivity index (χ3n) is 2.70. The molecule has 0 aliphatic carbocycles. The molecular formula is C19H26Br2F2O3. The second-order valence-corrected chi connectivity index (χ2v) is 6.28. The van der Waals surface area contributed by atoms with Crippen LogP contribution in [0.15, 0.2) is 39.3 Å². The van der Waals surface area contributed by atoms with E-state index in [9.17, 15) is 13.9 Å². The maximum Gasteiger partial charge on any atom is 0.207 e. The second kappa shape index (κ2) is 14.8. The van der Waals surface area contributed by atoms with Crippen LogP contribution in [0.1, 0.15) is 41.0 Å². The summed E-state index contributed by atoms with van der Waals surface area (Å²) in [5.74, 6) is -1.95. The fourth-order valence-electron chi connectivity index (χ4n) is 1.44. The lowest BCUT2D eigenvalue weighted by atomic mass is 10.3. The number of rotatable bonds is 4. The number of phenols is 2. The molecule has 7 heteroatoms. The van der Waals surface area contributed by atoms with E-state index < -0.39 is 17.4 Å². The molecule has 0 atom stereocenters. The van der Waals surface area contributed by atoms with E-state index in [0.717, 1.165) is 12.8 Å². The molecule has 0 saturated heterocycles. The molecule has 0 heterocycles. The van der Waals surface area contributed by atoms with Gasteiger partial charge in [-0.25, -0.2) is 4.39 Å². The van der Waals surface area contributed by atoms with Crippen molar-refractivity contribution in [2.24, 2.45) is 0 Å². The van der Waals surface area contributed by atoms with E-state index in [0.29, 0.717) is 15.6 Å². The van der Waals surface area contributed by atoms with Crippen LogP contribution in [0, 0.1) is 11.6 Å². The molecule has 0 fully saturated rings. The van der Waals surface area contributed by atoms with Gasteiger partial charge >= 0.3 is 0 Å². The largest absolute Gasteiger partial charge is 0.505 e. The topological polar surface area (TPSA) is 49.7 Å². The zero-order valence-corrected chi connectivity index (χ0v) is 17.5. The first-order valence-corrected chi connectivity index (χ1v) is 9.39. The first-order chi connectivity index (χ1) is 11.9. The predicted octanol–water partition coefficient (Wildman–Crippen LogP) is 7.43. The molecule has 0 radical (unpaired) electrons. The zero-order chi connectivity index (χ0) is 19.4. The van der Waals surface area contributed by atoms with Crippen molar-refractivity contribution in [1.82, 2.24) is 0 Å². The van der Waals surface area contributed by atoms with Crippen molar-refractivity contribution in [2.45, 2.75) is 41.0 Å². The maximum atomic E-state index is 13.3. The van der Waals surface area contributed by atoms with E-state index in [1.807, 2.05) is 20.8 Å². The van der Waals surface area contributed by atoms with E-state index >= 15 is 0 Å². The fraction of sp³-hybridized carbons (Fsp3) is 0.368. The third-order valence-corrected chi connectivity index (χ3v) is 3.83. The molecule has 2 aromatic carbocycles. The smallest absolute Gasteiger partial charge is 0.207 e. The third kappa shape index (κ3) is 9.38. The van der Waals surface area contributed by atoms with E-state index in [-0.39, 0.29) is 18.9 Å². The Hall–Kier alpha value is -1.34. The Morgan fingerprint density at radius 2 is 1.65 bits per heavy atom. The Bertz CT molecular complexity index is 653. The van der Waals surface area contributed by atoms with Crippen LogP contribution >= 0.6 is 31.9 Å². The highest BCUT2D eigenvalue weighted by molar-refractivity contribution is 9.10. The molecule has 0 aromatic heterocycles. The Morgan fingerprint density at radius 1 is 1.04 bits per heavy atom. The Kier molecular flexibility index (Phi) is 15.3. The van der Waals surface area contributed by atoms with E-state index in [2.05, 4.69) is 31.9 Å². The highest BCUT2D eigenvalue weighted by atomic mass is 79.9. The van der Waals surface area contributed by atoms with Crippen molar-refractivity contribution in [3.8, 4) is 17.2 Å². The second-order valence-electron chi connectivity index (χ2n) is 4.51. The van der Waals surface area contributed by atoms with Crippen LogP contribution in [-0.4, -0.2) is 16.8 Å². The number of ether oxygens (including phenoxy) is 1. The minimum absolute atomic E-state index is 0. The van der Waals surface area contributed by atoms with Crippen LogP contribution in [-0.2, 0) is 0 Å². The molecule has 26 heavy (non-hydrogen) atoms. The van der Waals surface area contributed by atoms with Gasteiger partial charge in [-0.05, 0) is 52.7 Å². The number of unbranched alkanes of at least 4 members (excludes halogenated alkanes) is 1. The van der Waals surface area contributed by atoms with Crippen molar-refractivity contribution in [1.29, 1.82) is 0 Å². The molecule has 3 nitrogen and oxygen atoms in total. The standard InChI is InChI=1S/C10H12BrFO2.C6H4BrFO.C2H6.CH4/c1-2-3-6-14-8-5-4-7(11)10(13)9(8)12;7-4-1-2-6(9)5(8)3-4;1-2;/h4-5,13H,2-3,6H2,1H3;1-3,9H;1-2H3;1H4. The number of halogens is 4. The summed E-state index contributed by atoms with van der Waals surface area (Å²) in [5.41, 5.74) is 0. The van der Waals surface area contributed by atoms with Crippen LogP contribution in [0.3, 0.4) is 0 Å². The molecule has 0 unspecified atom stereocenters. The van der Waals surface area contributed by atoms with Gasteiger partial charge in [0.1, 0.15) is 0 Å². The summed E-state index contributed by atoms with van der Waals surface area (Å²) in [6, 6.07) is 7.11. The maximum absolute atomic E-state index is 13.3. The van der Waals surface area contributed by atoms with Crippen LogP contribution in [0.2, 0.25) is 0 Å². The lowest BCUT2D eigenvalue weighted by Gasteiger charge is -2.07. The molecule has 0 aliphatic heterocycles. The average molecular weight is 500 g/mol. The molecule has 0 saturated carbocycles. The number of hydrogen-bond acceptors (Lipinski definition) is 3. The molecule has 0 aliphatic rings. The number of phenolic OH excluding ortho intramolecular Hbond substituents is 2. The van der Waals surface area contributed by atoms with E-state index in [4.69, 9.17) is 9.84 Å². The van der Waals surface area contributed by atoms with Crippen LogP contribution in [0.25, 0.3) is 0 Å². The molecule has 2 aromatic rings. The molecule has 0 spiro atoms. The zero-order valence-electron chi connectivity index (χ0n) is 14.3. The number of aromatic hydroxyl groups is 2. The van der Waals surface area contributed by atoms with Gasteiger partial charge in [0.25, 0.3) is 0 Å². The lowest BCUT2D eigenvalue weighted by Crippen LogP contribution is -1.98. The summed E-state index contributed by atoms with van der Waals surface area (Å²) >= 11 is 6.06. The molecular weight excluding hydrogens is 474 g/mol. The predicted molar refractivity (Wildman–Crippen MR) is 110 cm³/mol. The minimum Gasteiger partial charge on any atom is -0.505 e. The number of benzene rings is 2. The minimum atomic E-state index is -0.713. The highest BCUT2D eigenvalue weighted by Crippen LogP contribution is 2.32. The van der Waals surface area contributed by atoms with Gasteiger partial charge in [0.05, 0.1) is 11.1 Å². The quantitative estimate of drug-likeness (QED) is 0.430. The fourth-order valence-corrected chi connectivity index (χ4v) is 2.08. The van der Waals surface area contributed by atoms with Gasteiger partial charge in [0.15, 0.2) is 23.1 Å². The normalized spacial score (nSPS) is 9.04. The van der Waals surface area contributed by atoms with Crippen LogP contribution < -0.4 is 4.74 Å². The molecule has 2 rings (SSSR count). The lowest BCUT2D eigenvalue weighted by molar-refractivity contribution is 0.288. The first-order valence-electron chi connectivity index (χ1n) is 7.80. The van der Waals surface area contributed by atoms with Crippen molar-refractivity contribution >= 4 is 31.9 Å². The monoisotopic (exact) mass is 498 g/mol. The van der Waals surface area contributed by atoms with E-state index in [1.54, 1.807) is 12.1 Å².